The highest BCUT2D eigenvalue weighted by atomic mass is 19.1. The summed E-state index contributed by atoms with van der Waals surface area (Å²) in [7, 11) is 1.40. The maximum absolute atomic E-state index is 13.4. The monoisotopic (exact) mass is 227 g/mol. The van der Waals surface area contributed by atoms with Crippen molar-refractivity contribution in [2.45, 2.75) is 19.1 Å². The topological polar surface area (TPSA) is 72.5 Å². The molecule has 2 atom stereocenters. The minimum atomic E-state index is -1.34. The lowest BCUT2D eigenvalue weighted by Gasteiger charge is -2.17. The van der Waals surface area contributed by atoms with Gasteiger partial charge in [0, 0.05) is 5.56 Å². The van der Waals surface area contributed by atoms with Crippen LogP contribution in [0.2, 0.25) is 0 Å². The van der Waals surface area contributed by atoms with Crippen molar-refractivity contribution in [1.82, 2.24) is 0 Å². The highest BCUT2D eigenvalue weighted by Gasteiger charge is 2.23. The summed E-state index contributed by atoms with van der Waals surface area (Å²) in [6.45, 7) is 1.32. The van der Waals surface area contributed by atoms with Crippen LogP contribution in [-0.2, 0) is 4.79 Å². The lowest BCUT2D eigenvalue weighted by Crippen LogP contribution is -2.22. The van der Waals surface area contributed by atoms with Crippen LogP contribution in [0.4, 0.5) is 4.39 Å². The first-order valence-corrected chi connectivity index (χ1v) is 4.78. The number of hydrogen-bond donors (Lipinski definition) is 2. The molecular formula is C11H14FNO3. The number of methoxy groups -OCH3 is 1. The van der Waals surface area contributed by atoms with Crippen molar-refractivity contribution >= 4 is 5.97 Å². The number of carboxylic acids is 1. The second-order valence-electron chi connectivity index (χ2n) is 3.40. The van der Waals surface area contributed by atoms with E-state index in [1.165, 1.54) is 20.1 Å². The Labute approximate surface area is 92.8 Å². The van der Waals surface area contributed by atoms with Crippen LogP contribution in [-0.4, -0.2) is 18.2 Å². The Morgan fingerprint density at radius 3 is 2.62 bits per heavy atom. The molecule has 0 bridgehead atoms. The van der Waals surface area contributed by atoms with Crippen LogP contribution < -0.4 is 10.5 Å². The highest BCUT2D eigenvalue weighted by Crippen LogP contribution is 2.33. The van der Waals surface area contributed by atoms with Crippen molar-refractivity contribution in [2.75, 3.05) is 7.11 Å². The summed E-state index contributed by atoms with van der Waals surface area (Å²) < 4.78 is 18.4. The first-order chi connectivity index (χ1) is 7.49. The third-order valence-electron chi connectivity index (χ3n) is 2.32. The van der Waals surface area contributed by atoms with Gasteiger partial charge >= 0.3 is 5.97 Å². The molecule has 0 aliphatic rings. The number of nitrogens with two attached hydrogens (primary N) is 1. The molecule has 1 rings (SSSR count). The van der Waals surface area contributed by atoms with Crippen LogP contribution in [0.15, 0.2) is 18.2 Å². The van der Waals surface area contributed by atoms with Crippen LogP contribution in [0.25, 0.3) is 0 Å². The van der Waals surface area contributed by atoms with Crippen molar-refractivity contribution in [1.29, 1.82) is 0 Å². The predicted molar refractivity (Wildman–Crippen MR) is 57.1 cm³/mol. The second kappa shape index (κ2) is 4.94. The number of rotatable bonds is 4. The van der Waals surface area contributed by atoms with E-state index in [0.717, 1.165) is 0 Å². The fourth-order valence-electron chi connectivity index (χ4n) is 1.57. The Morgan fingerprint density at radius 1 is 1.56 bits per heavy atom. The van der Waals surface area contributed by atoms with E-state index >= 15 is 0 Å². The summed E-state index contributed by atoms with van der Waals surface area (Å²) in [6, 6.07) is 3.40. The van der Waals surface area contributed by atoms with E-state index in [1.54, 1.807) is 12.1 Å². The van der Waals surface area contributed by atoms with E-state index in [2.05, 4.69) is 0 Å². The summed E-state index contributed by atoms with van der Waals surface area (Å²) in [5, 5.41) is 8.82. The maximum Gasteiger partial charge on any atom is 0.325 e. The zero-order valence-corrected chi connectivity index (χ0v) is 9.11. The molecule has 0 aliphatic carbocycles. The normalized spacial score (nSPS) is 14.2. The minimum absolute atomic E-state index is 0.194. The van der Waals surface area contributed by atoms with Crippen molar-refractivity contribution in [3.05, 3.63) is 29.3 Å². The third kappa shape index (κ3) is 2.30. The fourth-order valence-corrected chi connectivity index (χ4v) is 1.57. The number of aliphatic carboxylic acids is 1. The van der Waals surface area contributed by atoms with Gasteiger partial charge in [-0.15, -0.1) is 0 Å². The van der Waals surface area contributed by atoms with Crippen LogP contribution in [0, 0.1) is 0 Å². The third-order valence-corrected chi connectivity index (χ3v) is 2.32. The van der Waals surface area contributed by atoms with E-state index in [0.29, 0.717) is 5.75 Å². The number of benzene rings is 1. The van der Waals surface area contributed by atoms with Gasteiger partial charge in [0.2, 0.25) is 0 Å². The van der Waals surface area contributed by atoms with Crippen molar-refractivity contribution in [2.24, 2.45) is 5.73 Å². The Bertz CT molecular complexity index is 393. The standard InChI is InChI=1S/C11H14FNO3/c1-6(12)9-7(10(13)11(14)15)4-3-5-8(9)16-2/h3-6,10H,13H2,1-2H3,(H,14,15). The molecule has 0 fully saturated rings. The number of carbonyl (C=O) groups is 1. The highest BCUT2D eigenvalue weighted by molar-refractivity contribution is 5.76. The van der Waals surface area contributed by atoms with Crippen LogP contribution >= 0.6 is 0 Å². The average Bonchev–Trinajstić information content (AvgIpc) is 2.26. The quantitative estimate of drug-likeness (QED) is 0.822. The predicted octanol–water partition coefficient (Wildman–Crippen LogP) is 1.81. The molecule has 1 aromatic rings. The molecular weight excluding hydrogens is 213 g/mol. The zero-order valence-electron chi connectivity index (χ0n) is 9.11. The Balaban J connectivity index is 3.32. The molecule has 88 valence electrons. The van der Waals surface area contributed by atoms with Gasteiger partial charge in [0.15, 0.2) is 0 Å². The van der Waals surface area contributed by atoms with E-state index in [-0.39, 0.29) is 11.1 Å². The van der Waals surface area contributed by atoms with Crippen LogP contribution in [0.5, 0.6) is 5.75 Å². The first-order valence-electron chi connectivity index (χ1n) is 4.78. The number of alkyl halides is 1. The number of halogens is 1. The summed E-state index contributed by atoms with van der Waals surface area (Å²) in [6.07, 6.45) is -1.34. The fraction of sp³-hybridized carbons (Fsp3) is 0.364. The molecule has 3 N–H and O–H groups in total. The SMILES string of the molecule is COc1cccc(C(N)C(=O)O)c1C(C)F. The van der Waals surface area contributed by atoms with Crippen LogP contribution in [0.1, 0.15) is 30.3 Å². The van der Waals surface area contributed by atoms with E-state index in [1.807, 2.05) is 0 Å². The molecule has 2 unspecified atom stereocenters. The first kappa shape index (κ1) is 12.4. The Kier molecular flexibility index (Phi) is 3.84. The Hall–Kier alpha value is -1.62. The molecule has 0 aromatic heterocycles. The molecule has 0 amide bonds. The molecule has 0 aliphatic heterocycles. The zero-order chi connectivity index (χ0) is 12.3. The summed E-state index contributed by atoms with van der Waals surface area (Å²) in [5.74, 6) is -0.889. The molecule has 5 heteroatoms. The number of carboxylic acid groups (broad SMARTS) is 1. The summed E-state index contributed by atoms with van der Waals surface area (Å²) in [5.41, 5.74) is 5.91. The second-order valence-corrected chi connectivity index (χ2v) is 3.40. The van der Waals surface area contributed by atoms with Gasteiger partial charge in [0.1, 0.15) is 18.0 Å². The average molecular weight is 227 g/mol. The van der Waals surface area contributed by atoms with E-state index < -0.39 is 18.2 Å². The Morgan fingerprint density at radius 2 is 2.19 bits per heavy atom. The summed E-state index contributed by atoms with van der Waals surface area (Å²) in [4.78, 5) is 10.8. The van der Waals surface area contributed by atoms with Crippen molar-refractivity contribution in [3.63, 3.8) is 0 Å². The van der Waals surface area contributed by atoms with Crippen molar-refractivity contribution < 1.29 is 19.0 Å². The number of hydrogen-bond acceptors (Lipinski definition) is 3. The minimum Gasteiger partial charge on any atom is -0.496 e. The number of ether oxygens (including phenoxy) is 1. The molecule has 0 heterocycles. The van der Waals surface area contributed by atoms with Gasteiger partial charge in [-0.1, -0.05) is 12.1 Å². The van der Waals surface area contributed by atoms with E-state index in [9.17, 15) is 9.18 Å². The largest absolute Gasteiger partial charge is 0.496 e. The maximum atomic E-state index is 13.4. The molecule has 0 saturated heterocycles. The molecule has 1 aromatic carbocycles. The molecule has 0 radical (unpaired) electrons. The van der Waals surface area contributed by atoms with Gasteiger partial charge in [-0.3, -0.25) is 4.79 Å². The van der Waals surface area contributed by atoms with Crippen LogP contribution in [0.3, 0.4) is 0 Å². The molecule has 0 saturated carbocycles. The lowest BCUT2D eigenvalue weighted by atomic mass is 9.97. The molecule has 16 heavy (non-hydrogen) atoms. The van der Waals surface area contributed by atoms with Gasteiger partial charge in [-0.25, -0.2) is 4.39 Å². The molecule has 0 spiro atoms. The smallest absolute Gasteiger partial charge is 0.325 e. The lowest BCUT2D eigenvalue weighted by molar-refractivity contribution is -0.138. The molecule has 4 nitrogen and oxygen atoms in total. The van der Waals surface area contributed by atoms with Gasteiger partial charge in [0.05, 0.1) is 7.11 Å². The van der Waals surface area contributed by atoms with Gasteiger partial charge < -0.3 is 15.6 Å². The summed E-state index contributed by atoms with van der Waals surface area (Å²) >= 11 is 0. The van der Waals surface area contributed by atoms with Gasteiger partial charge in [0.25, 0.3) is 0 Å². The van der Waals surface area contributed by atoms with Crippen molar-refractivity contribution in [3.8, 4) is 5.75 Å². The van der Waals surface area contributed by atoms with E-state index in [4.69, 9.17) is 15.6 Å². The van der Waals surface area contributed by atoms with Gasteiger partial charge in [-0.05, 0) is 18.6 Å². The van der Waals surface area contributed by atoms with Gasteiger partial charge in [-0.2, -0.15) is 0 Å².